The fourth-order valence-electron chi connectivity index (χ4n) is 3.12. The summed E-state index contributed by atoms with van der Waals surface area (Å²) in [5.41, 5.74) is 0.451. The zero-order valence-electron chi connectivity index (χ0n) is 14.5. The molecule has 6 nitrogen and oxygen atoms in total. The zero-order chi connectivity index (χ0) is 17.7. The van der Waals surface area contributed by atoms with Crippen molar-refractivity contribution in [1.29, 1.82) is 0 Å². The average molecular weight is 354 g/mol. The largest absolute Gasteiger partial charge is 0.497 e. The van der Waals surface area contributed by atoms with Crippen molar-refractivity contribution in [3.63, 3.8) is 0 Å². The number of carbonyl (C=O) groups is 1. The molecule has 7 heteroatoms. The molecular weight excluding hydrogens is 328 g/mol. The molecule has 134 valence electrons. The van der Waals surface area contributed by atoms with Crippen molar-refractivity contribution in [3.8, 4) is 5.75 Å². The summed E-state index contributed by atoms with van der Waals surface area (Å²) >= 11 is 0. The number of sulfonamides is 1. The standard InChI is InChI=1S/C17H26N2O4S/c1-13-9-14(2)12-19(11-13)24(21,22)8-7-18-17(20)15-5-4-6-16(10-15)23-3/h4-6,10,13-14H,7-9,11-12H2,1-3H3,(H,18,20)/t13-,14-/m1/s1. The molecule has 1 N–H and O–H groups in total. The highest BCUT2D eigenvalue weighted by molar-refractivity contribution is 7.89. The van der Waals surface area contributed by atoms with Crippen molar-refractivity contribution in [2.75, 3.05) is 32.5 Å². The maximum absolute atomic E-state index is 12.4. The van der Waals surface area contributed by atoms with Crippen LogP contribution in [0.15, 0.2) is 24.3 Å². The third kappa shape index (κ3) is 4.95. The highest BCUT2D eigenvalue weighted by Crippen LogP contribution is 2.23. The first-order valence-electron chi connectivity index (χ1n) is 8.22. The lowest BCUT2D eigenvalue weighted by molar-refractivity contribution is 0.0955. The minimum Gasteiger partial charge on any atom is -0.497 e. The van der Waals surface area contributed by atoms with E-state index in [1.807, 2.05) is 0 Å². The summed E-state index contributed by atoms with van der Waals surface area (Å²) in [5, 5.41) is 2.67. The van der Waals surface area contributed by atoms with Crippen molar-refractivity contribution in [2.45, 2.75) is 20.3 Å². The third-order valence-electron chi connectivity index (χ3n) is 4.21. The Kier molecular flexibility index (Phi) is 6.23. The molecule has 0 aliphatic carbocycles. The number of nitrogens with zero attached hydrogens (tertiary/aromatic N) is 1. The van der Waals surface area contributed by atoms with Gasteiger partial charge in [-0.25, -0.2) is 12.7 Å². The van der Waals surface area contributed by atoms with Crippen molar-refractivity contribution in [2.24, 2.45) is 11.8 Å². The van der Waals surface area contributed by atoms with Gasteiger partial charge in [0.2, 0.25) is 10.0 Å². The van der Waals surface area contributed by atoms with Gasteiger partial charge in [-0.2, -0.15) is 0 Å². The number of hydrogen-bond acceptors (Lipinski definition) is 4. The van der Waals surface area contributed by atoms with Gasteiger partial charge < -0.3 is 10.1 Å². The van der Waals surface area contributed by atoms with E-state index in [2.05, 4.69) is 19.2 Å². The van der Waals surface area contributed by atoms with E-state index < -0.39 is 10.0 Å². The Hall–Kier alpha value is -1.60. The molecule has 1 heterocycles. The van der Waals surface area contributed by atoms with Crippen LogP contribution < -0.4 is 10.1 Å². The van der Waals surface area contributed by atoms with E-state index in [4.69, 9.17) is 4.74 Å². The third-order valence-corrected chi connectivity index (χ3v) is 6.01. The van der Waals surface area contributed by atoms with Crippen LogP contribution in [0.5, 0.6) is 5.75 Å². The Morgan fingerprint density at radius 3 is 2.58 bits per heavy atom. The molecule has 0 radical (unpaired) electrons. The molecule has 0 spiro atoms. The molecule has 1 amide bonds. The predicted molar refractivity (Wildman–Crippen MR) is 93.6 cm³/mol. The minimum atomic E-state index is -3.35. The predicted octanol–water partition coefficient (Wildman–Crippen LogP) is 1.73. The first-order chi connectivity index (χ1) is 11.3. The van der Waals surface area contributed by atoms with Crippen molar-refractivity contribution >= 4 is 15.9 Å². The van der Waals surface area contributed by atoms with E-state index in [9.17, 15) is 13.2 Å². The second-order valence-electron chi connectivity index (χ2n) is 6.57. The lowest BCUT2D eigenvalue weighted by Crippen LogP contribution is -2.45. The number of ether oxygens (including phenoxy) is 1. The second kappa shape index (κ2) is 7.98. The van der Waals surface area contributed by atoms with E-state index in [1.165, 1.54) is 7.11 Å². The number of benzene rings is 1. The highest BCUT2D eigenvalue weighted by atomic mass is 32.2. The van der Waals surface area contributed by atoms with Gasteiger partial charge in [0, 0.05) is 25.2 Å². The molecule has 24 heavy (non-hydrogen) atoms. The molecule has 1 aromatic rings. The molecular formula is C17H26N2O4S. The number of carbonyl (C=O) groups excluding carboxylic acids is 1. The Morgan fingerprint density at radius 2 is 1.96 bits per heavy atom. The number of piperidine rings is 1. The first kappa shape index (κ1) is 18.7. The van der Waals surface area contributed by atoms with E-state index in [0.29, 0.717) is 36.2 Å². The fourth-order valence-corrected chi connectivity index (χ4v) is 4.70. The highest BCUT2D eigenvalue weighted by Gasteiger charge is 2.30. The Bertz CT molecular complexity index is 665. The maximum atomic E-state index is 12.4. The number of rotatable bonds is 6. The van der Waals surface area contributed by atoms with Crippen LogP contribution in [0.4, 0.5) is 0 Å². The monoisotopic (exact) mass is 354 g/mol. The number of amides is 1. The molecule has 2 rings (SSSR count). The van der Waals surface area contributed by atoms with Gasteiger partial charge in [-0.15, -0.1) is 0 Å². The molecule has 1 aliphatic rings. The summed E-state index contributed by atoms with van der Waals surface area (Å²) in [5.74, 6) is 0.947. The Balaban J connectivity index is 1.89. The van der Waals surface area contributed by atoms with E-state index in [1.54, 1.807) is 28.6 Å². The summed E-state index contributed by atoms with van der Waals surface area (Å²) in [7, 11) is -1.81. The number of methoxy groups -OCH3 is 1. The van der Waals surface area contributed by atoms with E-state index in [-0.39, 0.29) is 18.2 Å². The summed E-state index contributed by atoms with van der Waals surface area (Å²) in [6.07, 6.45) is 1.05. The molecule has 1 aliphatic heterocycles. The van der Waals surface area contributed by atoms with E-state index >= 15 is 0 Å². The van der Waals surface area contributed by atoms with Crippen LogP contribution in [0.2, 0.25) is 0 Å². The minimum absolute atomic E-state index is 0.0812. The summed E-state index contributed by atoms with van der Waals surface area (Å²) in [4.78, 5) is 12.1. The average Bonchev–Trinajstić information content (AvgIpc) is 2.53. The van der Waals surface area contributed by atoms with Crippen LogP contribution in [0.25, 0.3) is 0 Å². The summed E-state index contributed by atoms with van der Waals surface area (Å²) in [6.45, 7) is 5.37. The van der Waals surface area contributed by atoms with Crippen molar-refractivity contribution < 1.29 is 17.9 Å². The van der Waals surface area contributed by atoms with Crippen molar-refractivity contribution in [3.05, 3.63) is 29.8 Å². The van der Waals surface area contributed by atoms with Crippen LogP contribution in [-0.2, 0) is 10.0 Å². The molecule has 0 unspecified atom stereocenters. The van der Waals surface area contributed by atoms with Gasteiger partial charge in [-0.3, -0.25) is 4.79 Å². The van der Waals surface area contributed by atoms with Crippen LogP contribution in [0, 0.1) is 11.8 Å². The molecule has 0 aromatic heterocycles. The van der Waals surface area contributed by atoms with Crippen LogP contribution >= 0.6 is 0 Å². The Morgan fingerprint density at radius 1 is 1.29 bits per heavy atom. The van der Waals surface area contributed by atoms with Crippen molar-refractivity contribution in [1.82, 2.24) is 9.62 Å². The van der Waals surface area contributed by atoms with Crippen LogP contribution in [-0.4, -0.2) is 51.1 Å². The molecule has 1 saturated heterocycles. The molecule has 1 fully saturated rings. The second-order valence-corrected chi connectivity index (χ2v) is 8.66. The van der Waals surface area contributed by atoms with Gasteiger partial charge in [-0.1, -0.05) is 19.9 Å². The fraction of sp³-hybridized carbons (Fsp3) is 0.588. The van der Waals surface area contributed by atoms with Gasteiger partial charge in [0.1, 0.15) is 5.75 Å². The van der Waals surface area contributed by atoms with Crippen LogP contribution in [0.1, 0.15) is 30.6 Å². The van der Waals surface area contributed by atoms with Gasteiger partial charge in [0.25, 0.3) is 5.91 Å². The quantitative estimate of drug-likeness (QED) is 0.844. The Labute approximate surface area is 144 Å². The topological polar surface area (TPSA) is 75.7 Å². The lowest BCUT2D eigenvalue weighted by atomic mass is 9.94. The van der Waals surface area contributed by atoms with E-state index in [0.717, 1.165) is 6.42 Å². The number of hydrogen-bond donors (Lipinski definition) is 1. The lowest BCUT2D eigenvalue weighted by Gasteiger charge is -2.34. The van der Waals surface area contributed by atoms with Gasteiger partial charge >= 0.3 is 0 Å². The molecule has 0 bridgehead atoms. The first-order valence-corrected chi connectivity index (χ1v) is 9.83. The summed E-state index contributed by atoms with van der Waals surface area (Å²) < 4.78 is 31.5. The normalized spacial score (nSPS) is 22.1. The van der Waals surface area contributed by atoms with Gasteiger partial charge in [0.15, 0.2) is 0 Å². The molecule has 0 saturated carbocycles. The van der Waals surface area contributed by atoms with Crippen LogP contribution in [0.3, 0.4) is 0 Å². The maximum Gasteiger partial charge on any atom is 0.251 e. The number of nitrogens with one attached hydrogen (secondary N) is 1. The molecule has 2 atom stereocenters. The zero-order valence-corrected chi connectivity index (χ0v) is 15.3. The summed E-state index contributed by atoms with van der Waals surface area (Å²) in [6, 6.07) is 6.76. The smallest absolute Gasteiger partial charge is 0.251 e. The molecule has 1 aromatic carbocycles. The van der Waals surface area contributed by atoms with Gasteiger partial charge in [0.05, 0.1) is 12.9 Å². The SMILES string of the molecule is COc1cccc(C(=O)NCCS(=O)(=O)N2C[C@H](C)C[C@@H](C)C2)c1. The van der Waals surface area contributed by atoms with Gasteiger partial charge in [-0.05, 0) is 36.5 Å².